The molecule has 3 saturated heterocycles. The van der Waals surface area contributed by atoms with Crippen LogP contribution in [0.5, 0.6) is 0 Å². The van der Waals surface area contributed by atoms with Crippen LogP contribution in [-0.2, 0) is 4.74 Å². The summed E-state index contributed by atoms with van der Waals surface area (Å²) in [5.41, 5.74) is 0. The quantitative estimate of drug-likeness (QED) is 0.831. The van der Waals surface area contributed by atoms with Gasteiger partial charge in [-0.3, -0.25) is 4.90 Å². The van der Waals surface area contributed by atoms with E-state index in [0.717, 1.165) is 18.1 Å². The van der Waals surface area contributed by atoms with Crippen LogP contribution in [0, 0.1) is 0 Å². The molecule has 19 heavy (non-hydrogen) atoms. The highest BCUT2D eigenvalue weighted by molar-refractivity contribution is 4.94. The average Bonchev–Trinajstić information content (AvgIpc) is 2.91. The van der Waals surface area contributed by atoms with E-state index in [9.17, 15) is 0 Å². The fourth-order valence-electron chi connectivity index (χ4n) is 4.55. The van der Waals surface area contributed by atoms with E-state index in [1.807, 2.05) is 0 Å². The Morgan fingerprint density at radius 1 is 1.00 bits per heavy atom. The van der Waals surface area contributed by atoms with Crippen molar-refractivity contribution in [2.75, 3.05) is 13.1 Å². The minimum Gasteiger partial charge on any atom is -0.375 e. The van der Waals surface area contributed by atoms with Gasteiger partial charge in [-0.2, -0.15) is 0 Å². The maximum atomic E-state index is 5.93. The van der Waals surface area contributed by atoms with Crippen molar-refractivity contribution in [1.82, 2.24) is 10.2 Å². The summed E-state index contributed by atoms with van der Waals surface area (Å²) >= 11 is 0. The molecule has 3 aliphatic rings. The molecule has 0 aromatic carbocycles. The minimum absolute atomic E-state index is 0.438. The summed E-state index contributed by atoms with van der Waals surface area (Å²) in [6, 6.07) is 2.30. The number of likely N-dealkylation sites (tertiary alicyclic amines) is 1. The summed E-state index contributed by atoms with van der Waals surface area (Å²) in [6.07, 6.45) is 10.3. The van der Waals surface area contributed by atoms with E-state index in [-0.39, 0.29) is 0 Å². The van der Waals surface area contributed by atoms with Gasteiger partial charge in [0.15, 0.2) is 0 Å². The van der Waals surface area contributed by atoms with Gasteiger partial charge in [0.2, 0.25) is 0 Å². The number of nitrogens with zero attached hydrogens (tertiary/aromatic N) is 1. The molecule has 3 rings (SSSR count). The second-order valence-electron chi connectivity index (χ2n) is 6.89. The summed E-state index contributed by atoms with van der Waals surface area (Å²) in [4.78, 5) is 2.85. The molecule has 0 aromatic heterocycles. The number of hydrogen-bond donors (Lipinski definition) is 1. The van der Waals surface area contributed by atoms with Gasteiger partial charge in [-0.05, 0) is 65.5 Å². The van der Waals surface area contributed by atoms with Gasteiger partial charge in [-0.15, -0.1) is 0 Å². The van der Waals surface area contributed by atoms with Crippen LogP contribution in [-0.4, -0.2) is 48.3 Å². The lowest BCUT2D eigenvalue weighted by Crippen LogP contribution is -2.56. The third kappa shape index (κ3) is 3.14. The molecule has 0 amide bonds. The van der Waals surface area contributed by atoms with Crippen molar-refractivity contribution in [2.24, 2.45) is 0 Å². The molecular weight excluding hydrogens is 236 g/mol. The van der Waals surface area contributed by atoms with E-state index in [1.54, 1.807) is 0 Å². The first-order valence-corrected chi connectivity index (χ1v) is 8.38. The van der Waals surface area contributed by atoms with Crippen molar-refractivity contribution in [3.05, 3.63) is 0 Å². The highest BCUT2D eigenvalue weighted by Crippen LogP contribution is 2.31. The van der Waals surface area contributed by atoms with E-state index in [1.165, 1.54) is 58.0 Å². The molecule has 0 aliphatic carbocycles. The summed E-state index contributed by atoms with van der Waals surface area (Å²) < 4.78 is 5.93. The van der Waals surface area contributed by atoms with E-state index >= 15 is 0 Å². The van der Waals surface area contributed by atoms with Gasteiger partial charge >= 0.3 is 0 Å². The zero-order valence-corrected chi connectivity index (χ0v) is 12.6. The lowest BCUT2D eigenvalue weighted by molar-refractivity contribution is -0.0793. The van der Waals surface area contributed by atoms with Gasteiger partial charge in [-0.25, -0.2) is 0 Å². The highest BCUT2D eigenvalue weighted by atomic mass is 16.5. The smallest absolute Gasteiger partial charge is 0.0565 e. The van der Waals surface area contributed by atoms with Crippen LogP contribution in [0.4, 0.5) is 0 Å². The Hall–Kier alpha value is -0.120. The van der Waals surface area contributed by atoms with Crippen LogP contribution in [0.15, 0.2) is 0 Å². The topological polar surface area (TPSA) is 24.5 Å². The van der Waals surface area contributed by atoms with Gasteiger partial charge in [0.05, 0.1) is 12.2 Å². The zero-order chi connectivity index (χ0) is 13.2. The van der Waals surface area contributed by atoms with E-state index in [2.05, 4.69) is 24.1 Å². The predicted molar refractivity (Wildman–Crippen MR) is 78.4 cm³/mol. The molecule has 0 radical (unpaired) electrons. The van der Waals surface area contributed by atoms with Crippen LogP contribution in [0.25, 0.3) is 0 Å². The summed E-state index contributed by atoms with van der Waals surface area (Å²) in [5, 5.41) is 3.74. The van der Waals surface area contributed by atoms with Crippen LogP contribution >= 0.6 is 0 Å². The molecule has 0 spiro atoms. The van der Waals surface area contributed by atoms with Gasteiger partial charge in [0.1, 0.15) is 0 Å². The Morgan fingerprint density at radius 3 is 2.47 bits per heavy atom. The normalized spacial score (nSPS) is 45.5. The molecule has 4 unspecified atom stereocenters. The average molecular weight is 266 g/mol. The maximum absolute atomic E-state index is 5.93. The van der Waals surface area contributed by atoms with Crippen molar-refractivity contribution in [3.63, 3.8) is 0 Å². The Labute approximate surface area is 118 Å². The summed E-state index contributed by atoms with van der Waals surface area (Å²) in [7, 11) is 0. The van der Waals surface area contributed by atoms with Crippen LogP contribution in [0.3, 0.4) is 0 Å². The minimum atomic E-state index is 0.438. The molecular formula is C16H30N2O. The first-order valence-electron chi connectivity index (χ1n) is 8.38. The molecule has 0 bridgehead atoms. The Bertz CT molecular complexity index is 280. The standard InChI is InChI=1S/C16H30N2O/c1-12-10-14(11-13(2)19-12)18-9-4-3-7-16(18)15-6-5-8-17-15/h12-17H,3-11H2,1-2H3. The monoisotopic (exact) mass is 266 g/mol. The Kier molecular flexibility index (Phi) is 4.45. The molecule has 3 heteroatoms. The number of ether oxygens (including phenoxy) is 1. The van der Waals surface area contributed by atoms with E-state index < -0.39 is 0 Å². The molecule has 110 valence electrons. The second-order valence-corrected chi connectivity index (χ2v) is 6.89. The Balaban J connectivity index is 1.68. The van der Waals surface area contributed by atoms with Crippen LogP contribution in [0.1, 0.15) is 58.8 Å². The lowest BCUT2D eigenvalue weighted by Gasteiger charge is -2.47. The first-order chi connectivity index (χ1) is 9.24. The molecule has 0 aromatic rings. The van der Waals surface area contributed by atoms with E-state index in [4.69, 9.17) is 4.74 Å². The third-order valence-electron chi connectivity index (χ3n) is 5.30. The van der Waals surface area contributed by atoms with Crippen LogP contribution < -0.4 is 5.32 Å². The fourth-order valence-corrected chi connectivity index (χ4v) is 4.55. The van der Waals surface area contributed by atoms with E-state index in [0.29, 0.717) is 12.2 Å². The predicted octanol–water partition coefficient (Wildman–Crippen LogP) is 2.55. The number of piperidine rings is 1. The van der Waals surface area contributed by atoms with Gasteiger partial charge < -0.3 is 10.1 Å². The lowest BCUT2D eigenvalue weighted by atomic mass is 9.89. The molecule has 3 heterocycles. The molecule has 3 aliphatic heterocycles. The summed E-state index contributed by atoms with van der Waals surface area (Å²) in [6.45, 7) is 7.04. The molecule has 1 N–H and O–H groups in total. The number of rotatable bonds is 2. The van der Waals surface area contributed by atoms with Crippen molar-refractivity contribution >= 4 is 0 Å². The highest BCUT2D eigenvalue weighted by Gasteiger charge is 2.37. The maximum Gasteiger partial charge on any atom is 0.0565 e. The zero-order valence-electron chi connectivity index (χ0n) is 12.6. The van der Waals surface area contributed by atoms with Gasteiger partial charge in [0.25, 0.3) is 0 Å². The third-order valence-corrected chi connectivity index (χ3v) is 5.30. The Morgan fingerprint density at radius 2 is 1.79 bits per heavy atom. The first kappa shape index (κ1) is 13.8. The largest absolute Gasteiger partial charge is 0.375 e. The van der Waals surface area contributed by atoms with Crippen molar-refractivity contribution in [3.8, 4) is 0 Å². The van der Waals surface area contributed by atoms with Crippen molar-refractivity contribution < 1.29 is 4.74 Å². The summed E-state index contributed by atoms with van der Waals surface area (Å²) in [5.74, 6) is 0. The number of nitrogens with one attached hydrogen (secondary N) is 1. The van der Waals surface area contributed by atoms with Crippen molar-refractivity contribution in [2.45, 2.75) is 89.1 Å². The molecule has 4 atom stereocenters. The number of hydrogen-bond acceptors (Lipinski definition) is 3. The SMILES string of the molecule is CC1CC(N2CCCCC2C2CCCN2)CC(C)O1. The van der Waals surface area contributed by atoms with Crippen molar-refractivity contribution in [1.29, 1.82) is 0 Å². The molecule has 3 fully saturated rings. The van der Waals surface area contributed by atoms with Gasteiger partial charge in [0, 0.05) is 18.1 Å². The molecule has 3 nitrogen and oxygen atoms in total. The van der Waals surface area contributed by atoms with Crippen LogP contribution in [0.2, 0.25) is 0 Å². The fraction of sp³-hybridized carbons (Fsp3) is 1.00. The molecule has 0 saturated carbocycles. The van der Waals surface area contributed by atoms with Gasteiger partial charge in [-0.1, -0.05) is 6.42 Å². The second kappa shape index (κ2) is 6.11.